The fourth-order valence-corrected chi connectivity index (χ4v) is 3.49. The molecule has 0 bridgehead atoms. The molecule has 0 N–H and O–H groups in total. The predicted molar refractivity (Wildman–Crippen MR) is 115 cm³/mol. The molecule has 0 radical (unpaired) electrons. The molecule has 0 aliphatic carbocycles. The molecule has 162 valence electrons. The highest BCUT2D eigenvalue weighted by molar-refractivity contribution is 6.15. The Balaban J connectivity index is 1.65. The number of allylic oxidation sites excluding steroid dienone is 1. The van der Waals surface area contributed by atoms with Crippen molar-refractivity contribution in [2.45, 2.75) is 6.92 Å². The first-order chi connectivity index (χ1) is 15.4. The first-order valence-electron chi connectivity index (χ1n) is 9.69. The van der Waals surface area contributed by atoms with Crippen molar-refractivity contribution in [3.05, 3.63) is 88.4 Å². The van der Waals surface area contributed by atoms with Gasteiger partial charge in [-0.2, -0.15) is 0 Å². The van der Waals surface area contributed by atoms with E-state index >= 15 is 0 Å². The molecule has 7 heteroatoms. The molecule has 0 atom stereocenters. The third-order valence-corrected chi connectivity index (χ3v) is 4.97. The predicted octanol–water partition coefficient (Wildman–Crippen LogP) is 4.99. The molecular weight excluding hydrogens is 415 g/mol. The van der Waals surface area contributed by atoms with Crippen LogP contribution in [0.15, 0.2) is 60.4 Å². The molecule has 1 aliphatic rings. The zero-order valence-electron chi connectivity index (χ0n) is 17.6. The molecule has 1 aliphatic heterocycles. The molecule has 3 aromatic carbocycles. The van der Waals surface area contributed by atoms with Gasteiger partial charge in [0.2, 0.25) is 5.78 Å². The number of ether oxygens (including phenoxy) is 4. The van der Waals surface area contributed by atoms with Crippen LogP contribution < -0.4 is 18.9 Å². The lowest BCUT2D eigenvalue weighted by Gasteiger charge is -2.10. The van der Waals surface area contributed by atoms with Crippen LogP contribution in [0.5, 0.6) is 23.0 Å². The van der Waals surface area contributed by atoms with Gasteiger partial charge in [0, 0.05) is 11.6 Å². The summed E-state index contributed by atoms with van der Waals surface area (Å²) >= 11 is 0. The minimum absolute atomic E-state index is 0.0900. The van der Waals surface area contributed by atoms with Gasteiger partial charge in [0.15, 0.2) is 17.3 Å². The molecule has 1 heterocycles. The highest BCUT2D eigenvalue weighted by atomic mass is 19.1. The third kappa shape index (κ3) is 3.80. The number of benzene rings is 3. The molecule has 0 spiro atoms. The van der Waals surface area contributed by atoms with Crippen molar-refractivity contribution < 1.29 is 32.9 Å². The normalized spacial score (nSPS) is 13.5. The van der Waals surface area contributed by atoms with Crippen LogP contribution in [0, 0.1) is 12.7 Å². The zero-order valence-corrected chi connectivity index (χ0v) is 17.6. The van der Waals surface area contributed by atoms with Crippen LogP contribution in [-0.4, -0.2) is 26.0 Å². The number of Topliss-reactive ketones (excluding diaryl/α,β-unsaturated/α-hetero) is 1. The molecule has 3 aromatic rings. The summed E-state index contributed by atoms with van der Waals surface area (Å²) in [6.07, 6.45) is 1.56. The molecular formula is C25H19FO6. The Hall–Kier alpha value is -4.13. The zero-order chi connectivity index (χ0) is 22.8. The second-order valence-electron chi connectivity index (χ2n) is 7.01. The molecule has 0 saturated carbocycles. The fourth-order valence-electron chi connectivity index (χ4n) is 3.49. The first kappa shape index (κ1) is 21.1. The number of methoxy groups -OCH3 is 2. The average molecular weight is 434 g/mol. The standard InChI is InChI=1S/C25H19FO6/c1-14-11-16(31-25(28)17-8-4-5-9-18(17)26)13-20-22(14)23(27)21(32-20)12-15-7-6-10-19(29-2)24(15)30-3/h4-13H,1-3H3/b21-12-. The van der Waals surface area contributed by atoms with E-state index in [1.807, 2.05) is 0 Å². The number of fused-ring (bicyclic) bond motifs is 1. The molecule has 32 heavy (non-hydrogen) atoms. The lowest BCUT2D eigenvalue weighted by Crippen LogP contribution is -2.10. The quantitative estimate of drug-likeness (QED) is 0.320. The Bertz CT molecular complexity index is 1260. The van der Waals surface area contributed by atoms with Gasteiger partial charge in [0.05, 0.1) is 25.3 Å². The number of ketones is 1. The van der Waals surface area contributed by atoms with Crippen LogP contribution in [0.4, 0.5) is 4.39 Å². The second-order valence-corrected chi connectivity index (χ2v) is 7.01. The summed E-state index contributed by atoms with van der Waals surface area (Å²) in [5.41, 5.74) is 1.34. The van der Waals surface area contributed by atoms with Crippen LogP contribution in [0.25, 0.3) is 6.08 Å². The van der Waals surface area contributed by atoms with Crippen LogP contribution in [0.1, 0.15) is 31.8 Å². The van der Waals surface area contributed by atoms with Crippen molar-refractivity contribution in [2.75, 3.05) is 14.2 Å². The van der Waals surface area contributed by atoms with Gasteiger partial charge in [-0.3, -0.25) is 4.79 Å². The Morgan fingerprint density at radius 2 is 1.81 bits per heavy atom. The van der Waals surface area contributed by atoms with Gasteiger partial charge in [0.25, 0.3) is 0 Å². The van der Waals surface area contributed by atoms with Crippen LogP contribution >= 0.6 is 0 Å². The third-order valence-electron chi connectivity index (χ3n) is 4.97. The molecule has 0 fully saturated rings. The molecule has 0 amide bonds. The Kier molecular flexibility index (Phi) is 5.64. The number of carbonyl (C=O) groups is 2. The monoisotopic (exact) mass is 434 g/mol. The molecule has 0 aromatic heterocycles. The number of esters is 1. The molecule has 0 saturated heterocycles. The van der Waals surface area contributed by atoms with E-state index in [-0.39, 0.29) is 28.6 Å². The molecule has 6 nitrogen and oxygen atoms in total. The SMILES string of the molecule is COc1cccc(/C=C2\Oc3cc(OC(=O)c4ccccc4F)cc(C)c3C2=O)c1OC. The number of rotatable bonds is 5. The summed E-state index contributed by atoms with van der Waals surface area (Å²) < 4.78 is 35.7. The van der Waals surface area contributed by atoms with Crippen molar-refractivity contribution in [2.24, 2.45) is 0 Å². The molecule has 4 rings (SSSR count). The Labute approximate surface area is 183 Å². The maximum Gasteiger partial charge on any atom is 0.346 e. The van der Waals surface area contributed by atoms with Gasteiger partial charge < -0.3 is 18.9 Å². The van der Waals surface area contributed by atoms with Crippen molar-refractivity contribution in [1.82, 2.24) is 0 Å². The summed E-state index contributed by atoms with van der Waals surface area (Å²) in [6, 6.07) is 13.8. The maximum absolute atomic E-state index is 13.9. The number of halogens is 1. The minimum atomic E-state index is -0.844. The Morgan fingerprint density at radius 1 is 1.03 bits per heavy atom. The van der Waals surface area contributed by atoms with Crippen molar-refractivity contribution in [3.8, 4) is 23.0 Å². The van der Waals surface area contributed by atoms with E-state index in [1.165, 1.54) is 44.6 Å². The highest BCUT2D eigenvalue weighted by Gasteiger charge is 2.31. The number of carbonyl (C=O) groups excluding carboxylic acids is 2. The van der Waals surface area contributed by atoms with Crippen LogP contribution in [-0.2, 0) is 0 Å². The summed E-state index contributed by atoms with van der Waals surface area (Å²) in [4.78, 5) is 25.3. The topological polar surface area (TPSA) is 71.1 Å². The lowest BCUT2D eigenvalue weighted by molar-refractivity contribution is 0.0729. The smallest absolute Gasteiger partial charge is 0.346 e. The number of hydrogen-bond acceptors (Lipinski definition) is 6. The average Bonchev–Trinajstić information content (AvgIpc) is 3.09. The minimum Gasteiger partial charge on any atom is -0.493 e. The highest BCUT2D eigenvalue weighted by Crippen LogP contribution is 2.39. The molecule has 0 unspecified atom stereocenters. The largest absolute Gasteiger partial charge is 0.493 e. The van der Waals surface area contributed by atoms with Crippen molar-refractivity contribution in [1.29, 1.82) is 0 Å². The number of aryl methyl sites for hydroxylation is 1. The summed E-state index contributed by atoms with van der Waals surface area (Å²) in [7, 11) is 3.03. The van der Waals surface area contributed by atoms with Gasteiger partial charge in [-0.25, -0.2) is 9.18 Å². The fraction of sp³-hybridized carbons (Fsp3) is 0.120. The first-order valence-corrected chi connectivity index (χ1v) is 9.69. The van der Waals surface area contributed by atoms with Crippen LogP contribution in [0.3, 0.4) is 0 Å². The van der Waals surface area contributed by atoms with E-state index < -0.39 is 11.8 Å². The van der Waals surface area contributed by atoms with E-state index in [4.69, 9.17) is 18.9 Å². The van der Waals surface area contributed by atoms with Crippen molar-refractivity contribution in [3.63, 3.8) is 0 Å². The maximum atomic E-state index is 13.9. The summed E-state index contributed by atoms with van der Waals surface area (Å²) in [5.74, 6) is -0.374. The van der Waals surface area contributed by atoms with Gasteiger partial charge in [0.1, 0.15) is 17.3 Å². The van der Waals surface area contributed by atoms with Crippen molar-refractivity contribution >= 4 is 17.8 Å². The van der Waals surface area contributed by atoms with Crippen LogP contribution in [0.2, 0.25) is 0 Å². The summed E-state index contributed by atoms with van der Waals surface area (Å²) in [6.45, 7) is 1.70. The summed E-state index contributed by atoms with van der Waals surface area (Å²) in [5, 5.41) is 0. The van der Waals surface area contributed by atoms with E-state index in [2.05, 4.69) is 0 Å². The van der Waals surface area contributed by atoms with E-state index in [9.17, 15) is 14.0 Å². The van der Waals surface area contributed by atoms with E-state index in [1.54, 1.807) is 37.3 Å². The number of para-hydroxylation sites is 1. The Morgan fingerprint density at radius 3 is 2.53 bits per heavy atom. The van der Waals surface area contributed by atoms with Gasteiger partial charge in [-0.15, -0.1) is 0 Å². The van der Waals surface area contributed by atoms with Gasteiger partial charge >= 0.3 is 5.97 Å². The second kappa shape index (κ2) is 8.55. The van der Waals surface area contributed by atoms with Gasteiger partial charge in [-0.1, -0.05) is 24.3 Å². The van der Waals surface area contributed by atoms with Gasteiger partial charge in [-0.05, 0) is 42.8 Å². The van der Waals surface area contributed by atoms with E-state index in [0.29, 0.717) is 28.2 Å². The lowest BCUT2D eigenvalue weighted by atomic mass is 10.0. The number of hydrogen-bond donors (Lipinski definition) is 0. The van der Waals surface area contributed by atoms with E-state index in [0.717, 1.165) is 0 Å².